The zero-order chi connectivity index (χ0) is 24.2. The molecule has 1 saturated heterocycles. The van der Waals surface area contributed by atoms with Gasteiger partial charge in [-0.25, -0.2) is 4.68 Å². The smallest absolute Gasteiger partial charge is 0.276 e. The first-order valence-electron chi connectivity index (χ1n) is 11.9. The summed E-state index contributed by atoms with van der Waals surface area (Å²) in [4.78, 5) is 27.5. The number of hydrogen-bond acceptors (Lipinski definition) is 6. The molecule has 0 unspecified atom stereocenters. The molecule has 0 spiro atoms. The lowest BCUT2D eigenvalue weighted by Crippen LogP contribution is -2.43. The summed E-state index contributed by atoms with van der Waals surface area (Å²) in [6.07, 6.45) is 1.10. The number of nitrogens with zero attached hydrogens (tertiary/aromatic N) is 4. The number of ether oxygens (including phenoxy) is 2. The number of hydrogen-bond donors (Lipinski definition) is 1. The van der Waals surface area contributed by atoms with Crippen LogP contribution in [0.4, 0.5) is 0 Å². The molecule has 0 radical (unpaired) electrons. The van der Waals surface area contributed by atoms with Crippen LogP contribution < -0.4 is 10.1 Å². The third-order valence-electron chi connectivity index (χ3n) is 6.75. The third kappa shape index (κ3) is 5.05. The maximum Gasteiger partial charge on any atom is 0.276 e. The van der Waals surface area contributed by atoms with Gasteiger partial charge in [-0.05, 0) is 36.1 Å². The molecule has 1 N–H and O–H groups in total. The summed E-state index contributed by atoms with van der Waals surface area (Å²) in [7, 11) is 1.63. The van der Waals surface area contributed by atoms with Crippen LogP contribution >= 0.6 is 0 Å². The number of fused-ring (bicyclic) bond motifs is 1. The summed E-state index contributed by atoms with van der Waals surface area (Å²) in [5.74, 6) is 0.586. The van der Waals surface area contributed by atoms with E-state index in [0.717, 1.165) is 16.9 Å². The first kappa shape index (κ1) is 23.0. The second kappa shape index (κ2) is 10.3. The predicted octanol–water partition coefficient (Wildman–Crippen LogP) is 2.73. The van der Waals surface area contributed by atoms with Crippen LogP contribution in [-0.2, 0) is 29.2 Å². The van der Waals surface area contributed by atoms with Crippen LogP contribution in [0.2, 0.25) is 0 Å². The lowest BCUT2D eigenvalue weighted by atomic mass is 9.95. The zero-order valence-electron chi connectivity index (χ0n) is 19.7. The number of carbonyl (C=O) groups is 2. The van der Waals surface area contributed by atoms with Crippen molar-refractivity contribution in [3.8, 4) is 5.75 Å². The summed E-state index contributed by atoms with van der Waals surface area (Å²) < 4.78 is 13.0. The van der Waals surface area contributed by atoms with Gasteiger partial charge in [0.2, 0.25) is 5.91 Å². The van der Waals surface area contributed by atoms with Gasteiger partial charge in [-0.15, -0.1) is 5.10 Å². The number of benzene rings is 2. The normalized spacial score (nSPS) is 18.1. The van der Waals surface area contributed by atoms with E-state index in [0.29, 0.717) is 50.4 Å². The maximum atomic E-state index is 13.2. The molecule has 2 aromatic carbocycles. The van der Waals surface area contributed by atoms with Crippen molar-refractivity contribution in [1.82, 2.24) is 25.2 Å². The molecule has 9 heteroatoms. The number of piperidine rings is 1. The summed E-state index contributed by atoms with van der Waals surface area (Å²) in [5.41, 5.74) is 3.13. The minimum atomic E-state index is -0.164. The first-order chi connectivity index (χ1) is 17.1. The lowest BCUT2D eigenvalue weighted by molar-refractivity contribution is -0.126. The molecule has 2 amide bonds. The van der Waals surface area contributed by atoms with Crippen molar-refractivity contribution < 1.29 is 19.1 Å². The minimum absolute atomic E-state index is 0.0416. The van der Waals surface area contributed by atoms with Gasteiger partial charge in [-0.2, -0.15) is 0 Å². The SMILES string of the molecule is COc1ccc([C@H]2Cn3nnc(C(=O)N4CCC(C(=O)NCc5ccccc5)CC4)c3CO2)cc1. The van der Waals surface area contributed by atoms with Gasteiger partial charge in [0.15, 0.2) is 5.69 Å². The second-order valence-electron chi connectivity index (χ2n) is 8.91. The van der Waals surface area contributed by atoms with Gasteiger partial charge in [-0.1, -0.05) is 47.7 Å². The summed E-state index contributed by atoms with van der Waals surface area (Å²) in [6.45, 7) is 2.31. The minimum Gasteiger partial charge on any atom is -0.497 e. The van der Waals surface area contributed by atoms with Crippen LogP contribution in [0.1, 0.15) is 46.3 Å². The molecular formula is C26H29N5O4. The van der Waals surface area contributed by atoms with Gasteiger partial charge in [0.25, 0.3) is 5.91 Å². The van der Waals surface area contributed by atoms with Crippen molar-refractivity contribution >= 4 is 11.8 Å². The van der Waals surface area contributed by atoms with Gasteiger partial charge in [0, 0.05) is 25.6 Å². The van der Waals surface area contributed by atoms with E-state index in [9.17, 15) is 9.59 Å². The van der Waals surface area contributed by atoms with Crippen molar-refractivity contribution in [2.45, 2.75) is 38.6 Å². The van der Waals surface area contributed by atoms with Gasteiger partial charge < -0.3 is 19.7 Å². The fourth-order valence-electron chi connectivity index (χ4n) is 4.62. The Balaban J connectivity index is 1.16. The highest BCUT2D eigenvalue weighted by Crippen LogP contribution is 2.29. The van der Waals surface area contributed by atoms with E-state index in [4.69, 9.17) is 9.47 Å². The Kier molecular flexibility index (Phi) is 6.76. The molecule has 0 aliphatic carbocycles. The molecule has 2 aliphatic heterocycles. The van der Waals surface area contributed by atoms with Crippen LogP contribution in [0.5, 0.6) is 5.75 Å². The van der Waals surface area contributed by atoms with Crippen molar-refractivity contribution in [1.29, 1.82) is 0 Å². The predicted molar refractivity (Wildman–Crippen MR) is 127 cm³/mol. The highest BCUT2D eigenvalue weighted by molar-refractivity contribution is 5.93. The summed E-state index contributed by atoms with van der Waals surface area (Å²) in [5, 5.41) is 11.4. The van der Waals surface area contributed by atoms with Gasteiger partial charge in [0.05, 0.1) is 26.0 Å². The average Bonchev–Trinajstić information content (AvgIpc) is 3.35. The van der Waals surface area contributed by atoms with E-state index in [1.54, 1.807) is 16.7 Å². The number of nitrogens with one attached hydrogen (secondary N) is 1. The quantitative estimate of drug-likeness (QED) is 0.589. The topological polar surface area (TPSA) is 98.6 Å². The number of methoxy groups -OCH3 is 1. The molecule has 9 nitrogen and oxygen atoms in total. The Morgan fingerprint density at radius 3 is 2.54 bits per heavy atom. The number of amides is 2. The van der Waals surface area contributed by atoms with Crippen LogP contribution in [0, 0.1) is 5.92 Å². The molecule has 1 fully saturated rings. The molecule has 1 atom stereocenters. The molecule has 0 saturated carbocycles. The monoisotopic (exact) mass is 475 g/mol. The van der Waals surface area contributed by atoms with E-state index in [2.05, 4.69) is 15.6 Å². The largest absolute Gasteiger partial charge is 0.497 e. The molecule has 182 valence electrons. The standard InChI is InChI=1S/C26H29N5O4/c1-34-21-9-7-19(8-10-21)23-16-31-22(17-35-23)24(28-29-31)26(33)30-13-11-20(12-14-30)25(32)27-15-18-5-3-2-4-6-18/h2-10,20,23H,11-17H2,1H3,(H,27,32)/t23-/m1/s1. The van der Waals surface area contributed by atoms with Crippen LogP contribution in [0.3, 0.4) is 0 Å². The Labute approximate surface area is 204 Å². The molecule has 5 rings (SSSR count). The average molecular weight is 476 g/mol. The molecular weight excluding hydrogens is 446 g/mol. The molecule has 3 aromatic rings. The van der Waals surface area contributed by atoms with Crippen molar-refractivity contribution in [2.24, 2.45) is 5.92 Å². The number of aromatic nitrogens is 3. The zero-order valence-corrected chi connectivity index (χ0v) is 19.7. The van der Waals surface area contributed by atoms with Crippen molar-refractivity contribution in [2.75, 3.05) is 20.2 Å². The number of rotatable bonds is 6. The molecule has 35 heavy (non-hydrogen) atoms. The van der Waals surface area contributed by atoms with E-state index >= 15 is 0 Å². The Bertz CT molecular complexity index is 1170. The number of carbonyl (C=O) groups excluding carboxylic acids is 2. The van der Waals surface area contributed by atoms with Crippen molar-refractivity contribution in [3.63, 3.8) is 0 Å². The Morgan fingerprint density at radius 2 is 1.83 bits per heavy atom. The van der Waals surface area contributed by atoms with Crippen LogP contribution in [0.15, 0.2) is 54.6 Å². The maximum absolute atomic E-state index is 13.2. The fourth-order valence-corrected chi connectivity index (χ4v) is 4.62. The van der Waals surface area contributed by atoms with Crippen molar-refractivity contribution in [3.05, 3.63) is 77.1 Å². The van der Waals surface area contributed by atoms with Gasteiger partial charge in [0.1, 0.15) is 11.9 Å². The van der Waals surface area contributed by atoms with Crippen LogP contribution in [-0.4, -0.2) is 51.9 Å². The Morgan fingerprint density at radius 1 is 1.09 bits per heavy atom. The summed E-state index contributed by atoms with van der Waals surface area (Å²) in [6, 6.07) is 17.6. The molecule has 1 aromatic heterocycles. The molecule has 3 heterocycles. The van der Waals surface area contributed by atoms with E-state index in [-0.39, 0.29) is 30.4 Å². The lowest BCUT2D eigenvalue weighted by Gasteiger charge is -2.31. The van der Waals surface area contributed by atoms with Gasteiger partial charge in [-0.3, -0.25) is 9.59 Å². The third-order valence-corrected chi connectivity index (χ3v) is 6.75. The van der Waals surface area contributed by atoms with Crippen LogP contribution in [0.25, 0.3) is 0 Å². The number of likely N-dealkylation sites (tertiary alicyclic amines) is 1. The van der Waals surface area contributed by atoms with E-state index in [1.807, 2.05) is 54.6 Å². The summed E-state index contributed by atoms with van der Waals surface area (Å²) >= 11 is 0. The fraction of sp³-hybridized carbons (Fsp3) is 0.385. The highest BCUT2D eigenvalue weighted by Gasteiger charge is 2.33. The van der Waals surface area contributed by atoms with Gasteiger partial charge >= 0.3 is 0 Å². The second-order valence-corrected chi connectivity index (χ2v) is 8.91. The molecule has 2 aliphatic rings. The highest BCUT2D eigenvalue weighted by atomic mass is 16.5. The molecule has 0 bridgehead atoms. The first-order valence-corrected chi connectivity index (χ1v) is 11.9. The Hall–Kier alpha value is -3.72. The van der Waals surface area contributed by atoms with E-state index < -0.39 is 0 Å². The van der Waals surface area contributed by atoms with E-state index in [1.165, 1.54) is 0 Å².